The van der Waals surface area contributed by atoms with Crippen molar-refractivity contribution in [1.82, 2.24) is 9.21 Å². The van der Waals surface area contributed by atoms with Crippen LogP contribution in [0.1, 0.15) is 50.7 Å². The molecule has 2 rings (SSSR count). The highest BCUT2D eigenvalue weighted by Gasteiger charge is 2.41. The summed E-state index contributed by atoms with van der Waals surface area (Å²) in [5.74, 6) is 1.12. The molecule has 0 N–H and O–H groups in total. The third-order valence-corrected chi connectivity index (χ3v) is 6.56. The molecule has 0 radical (unpaired) electrons. The van der Waals surface area contributed by atoms with E-state index in [1.54, 1.807) is 14.1 Å². The zero-order valence-electron chi connectivity index (χ0n) is 14.3. The van der Waals surface area contributed by atoms with E-state index >= 15 is 0 Å². The fraction of sp³-hybridized carbons (Fsp3) is 0.688. The maximum atomic E-state index is 12.9. The van der Waals surface area contributed by atoms with Crippen molar-refractivity contribution in [2.75, 3.05) is 20.6 Å². The molecule has 0 unspecified atom stereocenters. The van der Waals surface area contributed by atoms with Crippen molar-refractivity contribution in [2.24, 2.45) is 0 Å². The first-order chi connectivity index (χ1) is 10.8. The van der Waals surface area contributed by atoms with Crippen molar-refractivity contribution in [3.05, 3.63) is 23.7 Å². The molecular weight excluding hydrogens is 316 g/mol. The Morgan fingerprint density at radius 3 is 2.65 bits per heavy atom. The van der Waals surface area contributed by atoms with Crippen LogP contribution in [0.3, 0.4) is 0 Å². The van der Waals surface area contributed by atoms with Crippen LogP contribution >= 0.6 is 0 Å². The third-order valence-electron chi connectivity index (χ3n) is 4.38. The summed E-state index contributed by atoms with van der Waals surface area (Å²) in [6, 6.07) is 3.44. The fourth-order valence-electron chi connectivity index (χ4n) is 2.95. The second-order valence-electron chi connectivity index (χ2n) is 6.20. The minimum absolute atomic E-state index is 0.313. The fourth-order valence-corrected chi connectivity index (χ4v) is 4.77. The summed E-state index contributed by atoms with van der Waals surface area (Å²) in [6.45, 7) is 3.89. The Kier molecular flexibility index (Phi) is 5.52. The quantitative estimate of drug-likeness (QED) is 0.822. The van der Waals surface area contributed by atoms with Crippen LogP contribution in [-0.4, -0.2) is 49.4 Å². The summed E-state index contributed by atoms with van der Waals surface area (Å²) < 4.78 is 33.1. The minimum Gasteiger partial charge on any atom is -0.464 e. The zero-order chi connectivity index (χ0) is 17.2. The van der Waals surface area contributed by atoms with Crippen molar-refractivity contribution in [1.29, 1.82) is 0 Å². The van der Waals surface area contributed by atoms with Gasteiger partial charge in [0.05, 0.1) is 6.04 Å². The van der Waals surface area contributed by atoms with Crippen LogP contribution in [0.4, 0.5) is 0 Å². The van der Waals surface area contributed by atoms with E-state index < -0.39 is 21.2 Å². The Labute approximate surface area is 138 Å². The predicted molar refractivity (Wildman–Crippen MR) is 88.5 cm³/mol. The summed E-state index contributed by atoms with van der Waals surface area (Å²) in [5, 5.41) is -1.08. The van der Waals surface area contributed by atoms with E-state index in [1.807, 2.05) is 19.1 Å². The zero-order valence-corrected chi connectivity index (χ0v) is 15.1. The average molecular weight is 342 g/mol. The van der Waals surface area contributed by atoms with Crippen LogP contribution in [0.15, 0.2) is 16.5 Å². The highest BCUT2D eigenvalue weighted by Crippen LogP contribution is 2.35. The Morgan fingerprint density at radius 1 is 1.39 bits per heavy atom. The standard InChI is InChI=1S/C16H26N2O4S/c1-5-13-9-10-15(22-13)14-8-6-7-11-18(14)23(20,21)12(2)16(19)17(3)4/h9-10,12,14H,5-8,11H2,1-4H3/t12-,14+/m0/s1. The van der Waals surface area contributed by atoms with E-state index in [0.29, 0.717) is 12.3 Å². The summed E-state index contributed by atoms with van der Waals surface area (Å²) in [5.41, 5.74) is 0. The molecule has 7 heteroatoms. The van der Waals surface area contributed by atoms with E-state index in [2.05, 4.69) is 0 Å². The summed E-state index contributed by atoms with van der Waals surface area (Å²) in [7, 11) is -0.576. The van der Waals surface area contributed by atoms with E-state index in [9.17, 15) is 13.2 Å². The molecule has 2 atom stereocenters. The lowest BCUT2D eigenvalue weighted by molar-refractivity contribution is -0.128. The number of carbonyl (C=O) groups is 1. The summed E-state index contributed by atoms with van der Waals surface area (Å²) in [6.07, 6.45) is 3.25. The van der Waals surface area contributed by atoms with Crippen LogP contribution in [0, 0.1) is 0 Å². The summed E-state index contributed by atoms with van der Waals surface area (Å²) >= 11 is 0. The Morgan fingerprint density at radius 2 is 2.09 bits per heavy atom. The van der Waals surface area contributed by atoms with Gasteiger partial charge in [-0.3, -0.25) is 4.79 Å². The number of carbonyl (C=O) groups excluding carboxylic acids is 1. The number of rotatable bonds is 5. The highest BCUT2D eigenvalue weighted by molar-refractivity contribution is 7.90. The molecule has 0 spiro atoms. The Hall–Kier alpha value is -1.34. The minimum atomic E-state index is -3.72. The normalized spacial score (nSPS) is 21.1. The van der Waals surface area contributed by atoms with Crippen LogP contribution in [-0.2, 0) is 21.2 Å². The second-order valence-corrected chi connectivity index (χ2v) is 8.41. The van der Waals surface area contributed by atoms with Gasteiger partial charge in [0.25, 0.3) is 0 Å². The first kappa shape index (κ1) is 18.0. The first-order valence-corrected chi connectivity index (χ1v) is 9.59. The topological polar surface area (TPSA) is 70.8 Å². The molecule has 0 aliphatic carbocycles. The Bertz CT molecular complexity index is 651. The lowest BCUT2D eigenvalue weighted by atomic mass is 10.0. The number of piperidine rings is 1. The van der Waals surface area contributed by atoms with E-state index in [4.69, 9.17) is 4.42 Å². The van der Waals surface area contributed by atoms with Gasteiger partial charge < -0.3 is 9.32 Å². The molecule has 1 aliphatic heterocycles. The molecule has 0 bridgehead atoms. The smallest absolute Gasteiger partial charge is 0.241 e. The van der Waals surface area contributed by atoms with Gasteiger partial charge in [-0.15, -0.1) is 0 Å². The molecular formula is C16H26N2O4S. The van der Waals surface area contributed by atoms with Crippen molar-refractivity contribution in [3.8, 4) is 0 Å². The monoisotopic (exact) mass is 342 g/mol. The van der Waals surface area contributed by atoms with Gasteiger partial charge in [-0.1, -0.05) is 13.3 Å². The third kappa shape index (κ3) is 3.61. The number of aryl methyl sites for hydroxylation is 1. The number of furan rings is 1. The van der Waals surface area contributed by atoms with E-state index in [-0.39, 0.29) is 6.04 Å². The lowest BCUT2D eigenvalue weighted by Gasteiger charge is -2.35. The largest absolute Gasteiger partial charge is 0.464 e. The van der Waals surface area contributed by atoms with Gasteiger partial charge in [-0.25, -0.2) is 8.42 Å². The highest BCUT2D eigenvalue weighted by atomic mass is 32.2. The van der Waals surface area contributed by atoms with Gasteiger partial charge in [0.15, 0.2) is 5.25 Å². The van der Waals surface area contributed by atoms with Crippen molar-refractivity contribution in [2.45, 2.75) is 50.8 Å². The van der Waals surface area contributed by atoms with Crippen molar-refractivity contribution in [3.63, 3.8) is 0 Å². The molecule has 6 nitrogen and oxygen atoms in total. The summed E-state index contributed by atoms with van der Waals surface area (Å²) in [4.78, 5) is 13.4. The number of hydrogen-bond acceptors (Lipinski definition) is 4. The maximum absolute atomic E-state index is 12.9. The molecule has 23 heavy (non-hydrogen) atoms. The van der Waals surface area contributed by atoms with Crippen LogP contribution in [0.25, 0.3) is 0 Å². The van der Waals surface area contributed by atoms with Gasteiger partial charge in [0.1, 0.15) is 11.5 Å². The first-order valence-electron chi connectivity index (χ1n) is 8.09. The molecule has 0 aromatic carbocycles. The molecule has 1 saturated heterocycles. The molecule has 1 aromatic rings. The predicted octanol–water partition coefficient (Wildman–Crippen LogP) is 2.18. The van der Waals surface area contributed by atoms with E-state index in [1.165, 1.54) is 16.1 Å². The molecule has 0 saturated carbocycles. The van der Waals surface area contributed by atoms with Crippen LogP contribution in [0.5, 0.6) is 0 Å². The molecule has 130 valence electrons. The van der Waals surface area contributed by atoms with Gasteiger partial charge in [0.2, 0.25) is 15.9 Å². The van der Waals surface area contributed by atoms with Gasteiger partial charge in [-0.05, 0) is 31.9 Å². The van der Waals surface area contributed by atoms with E-state index in [0.717, 1.165) is 31.4 Å². The average Bonchev–Trinajstić information content (AvgIpc) is 3.02. The molecule has 1 amide bonds. The van der Waals surface area contributed by atoms with Crippen molar-refractivity contribution < 1.29 is 17.6 Å². The van der Waals surface area contributed by atoms with Crippen LogP contribution < -0.4 is 0 Å². The molecule has 1 aromatic heterocycles. The molecule has 1 fully saturated rings. The SMILES string of the molecule is CCc1ccc([C@H]2CCCCN2S(=O)(=O)[C@@H](C)C(=O)N(C)C)o1. The van der Waals surface area contributed by atoms with Crippen molar-refractivity contribution >= 4 is 15.9 Å². The number of amides is 1. The van der Waals surface area contributed by atoms with Crippen LogP contribution in [0.2, 0.25) is 0 Å². The second kappa shape index (κ2) is 7.05. The van der Waals surface area contributed by atoms with Gasteiger partial charge >= 0.3 is 0 Å². The maximum Gasteiger partial charge on any atom is 0.241 e. The lowest BCUT2D eigenvalue weighted by Crippen LogP contribution is -2.47. The van der Waals surface area contributed by atoms with Gasteiger partial charge in [0, 0.05) is 27.1 Å². The Balaban J connectivity index is 2.31. The number of hydrogen-bond donors (Lipinski definition) is 0. The molecule has 2 heterocycles. The van der Waals surface area contributed by atoms with Gasteiger partial charge in [-0.2, -0.15) is 4.31 Å². The molecule has 1 aliphatic rings. The number of sulfonamides is 1. The number of nitrogens with zero attached hydrogens (tertiary/aromatic N) is 2.